The van der Waals surface area contributed by atoms with Gasteiger partial charge in [-0.05, 0) is 43.4 Å². The van der Waals surface area contributed by atoms with E-state index in [1.54, 1.807) is 6.07 Å². The lowest BCUT2D eigenvalue weighted by molar-refractivity contribution is -0.141. The van der Waals surface area contributed by atoms with E-state index in [0.717, 1.165) is 25.3 Å². The minimum absolute atomic E-state index is 0.105. The summed E-state index contributed by atoms with van der Waals surface area (Å²) < 4.78 is 40.0. The van der Waals surface area contributed by atoms with Crippen LogP contribution in [0.25, 0.3) is 0 Å². The predicted molar refractivity (Wildman–Crippen MR) is 99.9 cm³/mol. The molecule has 1 aromatic carbocycles. The summed E-state index contributed by atoms with van der Waals surface area (Å²) in [6.45, 7) is 3.82. The standard InChI is InChI=1S/C21H24F3N3O2/c1-19(5-6-19)18(29)26-7-4-15-10-27(12-20(15,11-26)13-28)16-3-2-14(9-25)17(8-16)21(22,23)24/h2-3,8,15,28H,4-7,10-13H2,1H3/t15-,20+/m0/s1. The molecule has 0 aromatic heterocycles. The number of anilines is 1. The van der Waals surface area contributed by atoms with Crippen LogP contribution in [-0.4, -0.2) is 48.7 Å². The van der Waals surface area contributed by atoms with Gasteiger partial charge in [-0.15, -0.1) is 0 Å². The van der Waals surface area contributed by atoms with Gasteiger partial charge in [0.1, 0.15) is 0 Å². The van der Waals surface area contributed by atoms with Gasteiger partial charge in [-0.1, -0.05) is 6.92 Å². The molecule has 1 N–H and O–H groups in total. The average Bonchev–Trinajstić information content (AvgIpc) is 3.33. The Morgan fingerprint density at radius 3 is 2.66 bits per heavy atom. The smallest absolute Gasteiger partial charge is 0.396 e. The molecule has 0 radical (unpaired) electrons. The fourth-order valence-electron chi connectivity index (χ4n) is 4.82. The zero-order valence-corrected chi connectivity index (χ0v) is 16.3. The molecular formula is C21H24F3N3O2. The van der Waals surface area contributed by atoms with Crippen LogP contribution in [0.3, 0.4) is 0 Å². The van der Waals surface area contributed by atoms with Crippen LogP contribution in [0.5, 0.6) is 0 Å². The Hall–Kier alpha value is -2.27. The van der Waals surface area contributed by atoms with Gasteiger partial charge in [0.05, 0.1) is 23.8 Å². The van der Waals surface area contributed by atoms with Gasteiger partial charge in [0.25, 0.3) is 0 Å². The van der Waals surface area contributed by atoms with E-state index in [1.165, 1.54) is 12.1 Å². The highest BCUT2D eigenvalue weighted by atomic mass is 19.4. The third-order valence-electron chi connectivity index (χ3n) is 6.98. The third-order valence-corrected chi connectivity index (χ3v) is 6.98. The minimum Gasteiger partial charge on any atom is -0.396 e. The molecule has 8 heteroatoms. The quantitative estimate of drug-likeness (QED) is 0.837. The Bertz CT molecular complexity index is 875. The Labute approximate surface area is 167 Å². The van der Waals surface area contributed by atoms with Crippen molar-refractivity contribution in [1.29, 1.82) is 5.26 Å². The number of alkyl halides is 3. The molecule has 1 amide bonds. The maximum atomic E-state index is 13.3. The normalized spacial score (nSPS) is 28.1. The number of rotatable bonds is 3. The summed E-state index contributed by atoms with van der Waals surface area (Å²) in [5.41, 5.74) is -1.76. The van der Waals surface area contributed by atoms with Crippen LogP contribution < -0.4 is 4.90 Å². The number of hydrogen-bond donors (Lipinski definition) is 1. The van der Waals surface area contributed by atoms with Crippen LogP contribution in [-0.2, 0) is 11.0 Å². The van der Waals surface area contributed by atoms with Crippen molar-refractivity contribution >= 4 is 11.6 Å². The van der Waals surface area contributed by atoms with Crippen LogP contribution in [0.15, 0.2) is 18.2 Å². The summed E-state index contributed by atoms with van der Waals surface area (Å²) in [5.74, 6) is 0.230. The molecule has 1 aliphatic carbocycles. The van der Waals surface area contributed by atoms with Crippen LogP contribution in [0.1, 0.15) is 37.3 Å². The number of fused-ring (bicyclic) bond motifs is 1. The van der Waals surface area contributed by atoms with Crippen molar-refractivity contribution in [3.8, 4) is 6.07 Å². The molecule has 0 spiro atoms. The van der Waals surface area contributed by atoms with Gasteiger partial charge in [0, 0.05) is 42.7 Å². The summed E-state index contributed by atoms with van der Waals surface area (Å²) >= 11 is 0. The highest BCUT2D eigenvalue weighted by Gasteiger charge is 2.54. The number of nitriles is 1. The zero-order chi connectivity index (χ0) is 21.0. The van der Waals surface area contributed by atoms with E-state index < -0.39 is 22.7 Å². The van der Waals surface area contributed by atoms with Gasteiger partial charge < -0.3 is 14.9 Å². The molecule has 5 nitrogen and oxygen atoms in total. The van der Waals surface area contributed by atoms with E-state index in [0.29, 0.717) is 31.9 Å². The SMILES string of the molecule is CC1(C(=O)N2CC[C@H]3CN(c4ccc(C#N)c(C(F)(F)F)c4)C[C@@]3(CO)C2)CC1. The predicted octanol–water partition coefficient (Wildman–Crippen LogP) is 3.02. The number of hydrogen-bond acceptors (Lipinski definition) is 4. The van der Waals surface area contributed by atoms with E-state index >= 15 is 0 Å². The molecule has 2 saturated heterocycles. The molecular weight excluding hydrogens is 383 g/mol. The molecule has 2 heterocycles. The second-order valence-corrected chi connectivity index (χ2v) is 9.01. The number of amides is 1. The Morgan fingerprint density at radius 1 is 1.34 bits per heavy atom. The number of benzene rings is 1. The number of likely N-dealkylation sites (tertiary alicyclic amines) is 1. The fourth-order valence-corrected chi connectivity index (χ4v) is 4.82. The van der Waals surface area contributed by atoms with Crippen LogP contribution in [0.2, 0.25) is 0 Å². The summed E-state index contributed by atoms with van der Waals surface area (Å²) in [5, 5.41) is 19.2. The van der Waals surface area contributed by atoms with Crippen molar-refractivity contribution in [2.45, 2.75) is 32.4 Å². The van der Waals surface area contributed by atoms with Gasteiger partial charge in [-0.2, -0.15) is 18.4 Å². The van der Waals surface area contributed by atoms with Gasteiger partial charge in [-0.25, -0.2) is 0 Å². The first kappa shape index (κ1) is 20.0. The Kier molecular flexibility index (Phi) is 4.57. The highest BCUT2D eigenvalue weighted by Crippen LogP contribution is 2.49. The molecule has 2 aliphatic heterocycles. The molecule has 3 fully saturated rings. The summed E-state index contributed by atoms with van der Waals surface area (Å²) in [6, 6.07) is 5.36. The van der Waals surface area contributed by atoms with Gasteiger partial charge in [0.2, 0.25) is 5.91 Å². The fraction of sp³-hybridized carbons (Fsp3) is 0.619. The van der Waals surface area contributed by atoms with E-state index in [9.17, 15) is 23.1 Å². The minimum atomic E-state index is -4.61. The number of nitrogens with zero attached hydrogens (tertiary/aromatic N) is 3. The van der Waals surface area contributed by atoms with Gasteiger partial charge >= 0.3 is 6.18 Å². The number of halogens is 3. The van der Waals surface area contributed by atoms with Crippen molar-refractivity contribution in [2.24, 2.45) is 16.7 Å². The van der Waals surface area contributed by atoms with Crippen molar-refractivity contribution in [1.82, 2.24) is 4.90 Å². The van der Waals surface area contributed by atoms with E-state index in [-0.39, 0.29) is 23.8 Å². The van der Waals surface area contributed by atoms with Gasteiger partial charge in [0.15, 0.2) is 0 Å². The molecule has 4 rings (SSSR count). The third kappa shape index (κ3) is 3.35. The first-order valence-electron chi connectivity index (χ1n) is 9.88. The molecule has 156 valence electrons. The Morgan fingerprint density at radius 2 is 2.07 bits per heavy atom. The lowest BCUT2D eigenvalue weighted by Gasteiger charge is -2.43. The summed E-state index contributed by atoms with van der Waals surface area (Å²) in [7, 11) is 0. The van der Waals surface area contributed by atoms with Gasteiger partial charge in [-0.3, -0.25) is 4.79 Å². The second-order valence-electron chi connectivity index (χ2n) is 9.01. The summed E-state index contributed by atoms with van der Waals surface area (Å²) in [6.07, 6.45) is -2.11. The monoisotopic (exact) mass is 407 g/mol. The number of piperidine rings is 1. The number of aliphatic hydroxyl groups is 1. The number of carbonyl (C=O) groups excluding carboxylic acids is 1. The molecule has 2 atom stereocenters. The topological polar surface area (TPSA) is 67.6 Å². The zero-order valence-electron chi connectivity index (χ0n) is 16.3. The molecule has 3 aliphatic rings. The van der Waals surface area contributed by atoms with Crippen LogP contribution >= 0.6 is 0 Å². The average molecular weight is 407 g/mol. The van der Waals surface area contributed by atoms with E-state index in [1.807, 2.05) is 16.7 Å². The maximum Gasteiger partial charge on any atom is 0.417 e. The molecule has 1 aromatic rings. The van der Waals surface area contributed by atoms with E-state index in [2.05, 4.69) is 0 Å². The second kappa shape index (κ2) is 6.63. The highest BCUT2D eigenvalue weighted by molar-refractivity contribution is 5.85. The lowest BCUT2D eigenvalue weighted by Crippen LogP contribution is -2.54. The number of carbonyl (C=O) groups is 1. The molecule has 1 saturated carbocycles. The lowest BCUT2D eigenvalue weighted by atomic mass is 9.73. The first-order chi connectivity index (χ1) is 13.6. The Balaban J connectivity index is 1.59. The van der Waals surface area contributed by atoms with Crippen molar-refractivity contribution in [2.75, 3.05) is 37.7 Å². The van der Waals surface area contributed by atoms with Crippen LogP contribution in [0, 0.1) is 28.1 Å². The van der Waals surface area contributed by atoms with E-state index in [4.69, 9.17) is 5.26 Å². The van der Waals surface area contributed by atoms with Crippen molar-refractivity contribution in [3.05, 3.63) is 29.3 Å². The molecule has 0 unspecified atom stereocenters. The maximum absolute atomic E-state index is 13.3. The van der Waals surface area contributed by atoms with Crippen LogP contribution in [0.4, 0.5) is 18.9 Å². The molecule has 29 heavy (non-hydrogen) atoms. The largest absolute Gasteiger partial charge is 0.417 e. The van der Waals surface area contributed by atoms with Crippen molar-refractivity contribution in [3.63, 3.8) is 0 Å². The van der Waals surface area contributed by atoms with Crippen molar-refractivity contribution < 1.29 is 23.1 Å². The summed E-state index contributed by atoms with van der Waals surface area (Å²) in [4.78, 5) is 16.5. The number of aliphatic hydroxyl groups excluding tert-OH is 1. The molecule has 0 bridgehead atoms. The first-order valence-corrected chi connectivity index (χ1v) is 9.88.